The van der Waals surface area contributed by atoms with Gasteiger partial charge >= 0.3 is 0 Å². The smallest absolute Gasteiger partial charge is 0.158 e. The molecular weight excluding hydrogens is 184 g/mol. The molecule has 0 unspecified atom stereocenters. The average molecular weight is 200 g/mol. The van der Waals surface area contributed by atoms with Gasteiger partial charge in [0, 0.05) is 6.42 Å². The van der Waals surface area contributed by atoms with E-state index in [0.717, 1.165) is 36.8 Å². The molecule has 78 valence electrons. The van der Waals surface area contributed by atoms with Crippen molar-refractivity contribution in [3.05, 3.63) is 41.5 Å². The number of Topliss-reactive ketones (excluding diaryl/α,β-unsaturated/α-hetero) is 1. The maximum Gasteiger partial charge on any atom is 0.158 e. The van der Waals surface area contributed by atoms with Gasteiger partial charge in [0.15, 0.2) is 5.78 Å². The second-order valence-electron chi connectivity index (χ2n) is 4.06. The molecule has 0 amide bonds. The van der Waals surface area contributed by atoms with E-state index in [1.807, 2.05) is 36.4 Å². The van der Waals surface area contributed by atoms with Crippen molar-refractivity contribution in [3.8, 4) is 0 Å². The van der Waals surface area contributed by atoms with Crippen molar-refractivity contribution in [2.75, 3.05) is 0 Å². The topological polar surface area (TPSA) is 17.1 Å². The zero-order valence-corrected chi connectivity index (χ0v) is 8.91. The molecule has 1 heteroatoms. The van der Waals surface area contributed by atoms with E-state index < -0.39 is 0 Å². The molecule has 1 aliphatic carbocycles. The highest BCUT2D eigenvalue weighted by Crippen LogP contribution is 2.21. The highest BCUT2D eigenvalue weighted by molar-refractivity contribution is 5.99. The van der Waals surface area contributed by atoms with Crippen LogP contribution in [0.5, 0.6) is 0 Å². The van der Waals surface area contributed by atoms with Crippen molar-refractivity contribution < 1.29 is 4.79 Å². The number of carbonyl (C=O) groups excluding carboxylic acids is 1. The van der Waals surface area contributed by atoms with Crippen LogP contribution in [0.4, 0.5) is 0 Å². The van der Waals surface area contributed by atoms with Gasteiger partial charge in [-0.1, -0.05) is 36.8 Å². The molecule has 0 aromatic heterocycles. The summed E-state index contributed by atoms with van der Waals surface area (Å²) >= 11 is 0. The maximum absolute atomic E-state index is 11.8. The van der Waals surface area contributed by atoms with Crippen LogP contribution in [-0.4, -0.2) is 5.78 Å². The van der Waals surface area contributed by atoms with Crippen molar-refractivity contribution >= 4 is 11.9 Å². The summed E-state index contributed by atoms with van der Waals surface area (Å²) in [6, 6.07) is 10.1. The molecule has 0 saturated heterocycles. The molecule has 0 atom stereocenters. The Bertz CT molecular complexity index is 362. The third kappa shape index (κ3) is 2.79. The Morgan fingerprint density at radius 3 is 2.47 bits per heavy atom. The van der Waals surface area contributed by atoms with E-state index in [4.69, 9.17) is 0 Å². The summed E-state index contributed by atoms with van der Waals surface area (Å²) in [6.07, 6.45) is 7.15. The van der Waals surface area contributed by atoms with Crippen LogP contribution in [0.15, 0.2) is 35.9 Å². The number of allylic oxidation sites excluding steroid dienone is 1. The zero-order chi connectivity index (χ0) is 10.5. The zero-order valence-electron chi connectivity index (χ0n) is 8.91. The number of ketones is 1. The van der Waals surface area contributed by atoms with Gasteiger partial charge in [-0.25, -0.2) is 0 Å². The lowest BCUT2D eigenvalue weighted by molar-refractivity contribution is -0.115. The maximum atomic E-state index is 11.8. The van der Waals surface area contributed by atoms with Crippen LogP contribution < -0.4 is 0 Å². The van der Waals surface area contributed by atoms with Gasteiger partial charge in [-0.2, -0.15) is 0 Å². The fraction of sp³-hybridized carbons (Fsp3) is 0.357. The minimum atomic E-state index is 0.344. The van der Waals surface area contributed by atoms with Crippen molar-refractivity contribution in [2.45, 2.75) is 32.1 Å². The highest BCUT2D eigenvalue weighted by Gasteiger charge is 2.12. The Kier molecular flexibility index (Phi) is 3.33. The van der Waals surface area contributed by atoms with Crippen molar-refractivity contribution in [3.63, 3.8) is 0 Å². The lowest BCUT2D eigenvalue weighted by atomic mass is 10.0. The van der Waals surface area contributed by atoms with Gasteiger partial charge in [-0.3, -0.25) is 4.79 Å². The molecule has 1 fully saturated rings. The number of benzene rings is 1. The summed E-state index contributed by atoms with van der Waals surface area (Å²) in [5.74, 6) is 0.344. The van der Waals surface area contributed by atoms with Gasteiger partial charge in [-0.15, -0.1) is 0 Å². The van der Waals surface area contributed by atoms with Gasteiger partial charge < -0.3 is 0 Å². The Hall–Kier alpha value is -1.37. The van der Waals surface area contributed by atoms with E-state index in [1.54, 1.807) is 0 Å². The van der Waals surface area contributed by atoms with Gasteiger partial charge in [0.2, 0.25) is 0 Å². The van der Waals surface area contributed by atoms with Gasteiger partial charge in [-0.05, 0) is 36.5 Å². The summed E-state index contributed by atoms with van der Waals surface area (Å²) in [7, 11) is 0. The molecule has 1 saturated carbocycles. The van der Waals surface area contributed by atoms with Crippen molar-refractivity contribution in [2.24, 2.45) is 0 Å². The van der Waals surface area contributed by atoms with E-state index >= 15 is 0 Å². The normalized spacial score (nSPS) is 20.3. The largest absolute Gasteiger partial charge is 0.295 e. The summed E-state index contributed by atoms with van der Waals surface area (Å²) < 4.78 is 0. The van der Waals surface area contributed by atoms with Gasteiger partial charge in [0.05, 0.1) is 0 Å². The van der Waals surface area contributed by atoms with Crippen molar-refractivity contribution in [1.29, 1.82) is 0 Å². The van der Waals surface area contributed by atoms with E-state index in [2.05, 4.69) is 0 Å². The Morgan fingerprint density at radius 1 is 0.933 bits per heavy atom. The fourth-order valence-electron chi connectivity index (χ4n) is 1.98. The monoisotopic (exact) mass is 200 g/mol. The van der Waals surface area contributed by atoms with Crippen molar-refractivity contribution in [1.82, 2.24) is 0 Å². The van der Waals surface area contributed by atoms with Crippen LogP contribution in [0.1, 0.15) is 37.7 Å². The predicted molar refractivity (Wildman–Crippen MR) is 62.5 cm³/mol. The lowest BCUT2D eigenvalue weighted by Gasteiger charge is -2.01. The molecule has 1 nitrogen and oxygen atoms in total. The molecule has 0 aliphatic heterocycles. The van der Waals surface area contributed by atoms with E-state index in [1.165, 1.54) is 6.42 Å². The van der Waals surface area contributed by atoms with Gasteiger partial charge in [0.25, 0.3) is 0 Å². The molecule has 15 heavy (non-hydrogen) atoms. The molecule has 1 aromatic carbocycles. The third-order valence-electron chi connectivity index (χ3n) is 2.85. The molecule has 0 N–H and O–H groups in total. The van der Waals surface area contributed by atoms with Crippen LogP contribution in [0, 0.1) is 0 Å². The minimum Gasteiger partial charge on any atom is -0.295 e. The Labute approximate surface area is 90.8 Å². The first-order valence-corrected chi connectivity index (χ1v) is 5.65. The summed E-state index contributed by atoms with van der Waals surface area (Å²) in [4.78, 5) is 11.8. The second-order valence-corrected chi connectivity index (χ2v) is 4.06. The number of rotatable bonds is 1. The number of hydrogen-bond acceptors (Lipinski definition) is 1. The van der Waals surface area contributed by atoms with E-state index in [9.17, 15) is 4.79 Å². The first kappa shape index (κ1) is 10.2. The molecule has 0 heterocycles. The lowest BCUT2D eigenvalue weighted by Crippen LogP contribution is -1.98. The molecule has 1 aromatic rings. The molecule has 0 radical (unpaired) electrons. The molecular formula is C14H16O. The number of hydrogen-bond donors (Lipinski definition) is 0. The summed E-state index contributed by atoms with van der Waals surface area (Å²) in [6.45, 7) is 0. The molecule has 0 spiro atoms. The highest BCUT2D eigenvalue weighted by atomic mass is 16.1. The summed E-state index contributed by atoms with van der Waals surface area (Å²) in [5.41, 5.74) is 2.15. The van der Waals surface area contributed by atoms with Crippen LogP contribution >= 0.6 is 0 Å². The summed E-state index contributed by atoms with van der Waals surface area (Å²) in [5, 5.41) is 0. The minimum absolute atomic E-state index is 0.344. The van der Waals surface area contributed by atoms with Gasteiger partial charge in [0.1, 0.15) is 0 Å². The van der Waals surface area contributed by atoms with Crippen LogP contribution in [0.3, 0.4) is 0 Å². The average Bonchev–Trinajstić information content (AvgIpc) is 2.46. The third-order valence-corrected chi connectivity index (χ3v) is 2.85. The molecule has 1 aliphatic rings. The first-order chi connectivity index (χ1) is 7.36. The quantitative estimate of drug-likeness (QED) is 0.500. The predicted octanol–water partition coefficient (Wildman–Crippen LogP) is 3.60. The SMILES string of the molecule is O=C1CCCCC/C1=C\c1ccccc1. The fourth-order valence-corrected chi connectivity index (χ4v) is 1.98. The van der Waals surface area contributed by atoms with E-state index in [0.29, 0.717) is 5.78 Å². The standard InChI is InChI=1S/C14H16O/c15-14-10-6-2-5-9-13(14)11-12-7-3-1-4-8-12/h1,3-4,7-8,11H,2,5-6,9-10H2/b13-11+. The Morgan fingerprint density at radius 2 is 1.67 bits per heavy atom. The van der Waals surface area contributed by atoms with Crippen LogP contribution in [0.2, 0.25) is 0 Å². The second kappa shape index (κ2) is 4.92. The van der Waals surface area contributed by atoms with Crippen LogP contribution in [0.25, 0.3) is 6.08 Å². The van der Waals surface area contributed by atoms with Crippen LogP contribution in [-0.2, 0) is 4.79 Å². The molecule has 2 rings (SSSR count). The number of carbonyl (C=O) groups is 1. The molecule has 0 bridgehead atoms. The first-order valence-electron chi connectivity index (χ1n) is 5.65. The Balaban J connectivity index is 2.20. The van der Waals surface area contributed by atoms with E-state index in [-0.39, 0.29) is 0 Å².